The lowest BCUT2D eigenvalue weighted by Crippen LogP contribution is -1.81. The van der Waals surface area contributed by atoms with Crippen LogP contribution >= 0.6 is 11.6 Å². The van der Waals surface area contributed by atoms with E-state index in [2.05, 4.69) is 30.3 Å². The molecule has 0 nitrogen and oxygen atoms in total. The summed E-state index contributed by atoms with van der Waals surface area (Å²) in [7, 11) is 0. The molecule has 0 aliphatic rings. The van der Waals surface area contributed by atoms with Gasteiger partial charge in [-0.1, -0.05) is 48.0 Å². The Bertz CT molecular complexity index is 245. The number of hydrogen-bond acceptors (Lipinski definition) is 0. The monoisotopic (exact) mass is 180 g/mol. The van der Waals surface area contributed by atoms with Crippen molar-refractivity contribution in [2.24, 2.45) is 0 Å². The van der Waals surface area contributed by atoms with E-state index in [1.54, 1.807) is 0 Å². The third-order valence-electron chi connectivity index (χ3n) is 1.70. The zero-order valence-corrected chi connectivity index (χ0v) is 8.01. The van der Waals surface area contributed by atoms with E-state index in [4.69, 9.17) is 11.6 Å². The van der Waals surface area contributed by atoms with Gasteiger partial charge in [-0.25, -0.2) is 0 Å². The van der Waals surface area contributed by atoms with Crippen LogP contribution in [0.5, 0.6) is 0 Å². The van der Waals surface area contributed by atoms with E-state index in [9.17, 15) is 0 Å². The average molecular weight is 181 g/mol. The summed E-state index contributed by atoms with van der Waals surface area (Å²) in [6, 6.07) is 10.4. The van der Waals surface area contributed by atoms with Crippen molar-refractivity contribution in [3.05, 3.63) is 47.0 Å². The zero-order valence-electron chi connectivity index (χ0n) is 7.26. The van der Waals surface area contributed by atoms with Crippen LogP contribution in [0.15, 0.2) is 41.4 Å². The molecule has 0 atom stereocenters. The first-order valence-electron chi connectivity index (χ1n) is 4.15. The van der Waals surface area contributed by atoms with Crippen molar-refractivity contribution in [1.29, 1.82) is 0 Å². The van der Waals surface area contributed by atoms with E-state index < -0.39 is 0 Å². The highest BCUT2D eigenvalue weighted by molar-refractivity contribution is 6.29. The first kappa shape index (κ1) is 9.34. The summed E-state index contributed by atoms with van der Waals surface area (Å²) in [5.41, 5.74) is 1.37. The minimum atomic E-state index is 0.880. The molecule has 0 fully saturated rings. The van der Waals surface area contributed by atoms with Crippen molar-refractivity contribution in [1.82, 2.24) is 0 Å². The van der Waals surface area contributed by atoms with E-state index in [-0.39, 0.29) is 0 Å². The number of aryl methyl sites for hydroxylation is 1. The molecule has 0 aliphatic heterocycles. The van der Waals surface area contributed by atoms with E-state index in [0.717, 1.165) is 17.9 Å². The van der Waals surface area contributed by atoms with Gasteiger partial charge in [-0.2, -0.15) is 0 Å². The normalized spacial score (nSPS) is 11.7. The van der Waals surface area contributed by atoms with Crippen LogP contribution in [0.2, 0.25) is 0 Å². The first-order valence-corrected chi connectivity index (χ1v) is 4.53. The van der Waals surface area contributed by atoms with Crippen LogP contribution in [0.3, 0.4) is 0 Å². The van der Waals surface area contributed by atoms with Crippen molar-refractivity contribution in [3.8, 4) is 0 Å². The Morgan fingerprint density at radius 1 is 1.33 bits per heavy atom. The third kappa shape index (κ3) is 3.59. The fraction of sp³-hybridized carbons (Fsp3) is 0.273. The molecular formula is C11H13Cl. The van der Waals surface area contributed by atoms with Crippen molar-refractivity contribution >= 4 is 11.6 Å². The molecule has 0 saturated carbocycles. The molecule has 0 spiro atoms. The highest BCUT2D eigenvalue weighted by Gasteiger charge is 1.88. The summed E-state index contributed by atoms with van der Waals surface area (Å²) >= 11 is 5.71. The quantitative estimate of drug-likeness (QED) is 0.665. The summed E-state index contributed by atoms with van der Waals surface area (Å²) in [6.07, 6.45) is 4.15. The van der Waals surface area contributed by atoms with Crippen molar-refractivity contribution in [2.45, 2.75) is 19.8 Å². The van der Waals surface area contributed by atoms with Gasteiger partial charge in [0, 0.05) is 5.03 Å². The van der Waals surface area contributed by atoms with E-state index in [1.165, 1.54) is 5.56 Å². The van der Waals surface area contributed by atoms with Gasteiger partial charge in [0.2, 0.25) is 0 Å². The van der Waals surface area contributed by atoms with Gasteiger partial charge in [-0.05, 0) is 25.3 Å². The predicted octanol–water partition coefficient (Wildman–Crippen LogP) is 3.76. The van der Waals surface area contributed by atoms with Crippen LogP contribution in [0.4, 0.5) is 0 Å². The fourth-order valence-electron chi connectivity index (χ4n) is 1.08. The predicted molar refractivity (Wildman–Crippen MR) is 54.4 cm³/mol. The second-order valence-corrected chi connectivity index (χ2v) is 3.41. The molecule has 1 aromatic carbocycles. The van der Waals surface area contributed by atoms with Gasteiger partial charge in [0.1, 0.15) is 0 Å². The summed E-state index contributed by atoms with van der Waals surface area (Å²) in [4.78, 5) is 0. The number of rotatable bonds is 3. The lowest BCUT2D eigenvalue weighted by Gasteiger charge is -1.96. The molecule has 1 rings (SSSR count). The van der Waals surface area contributed by atoms with Gasteiger partial charge < -0.3 is 0 Å². The van der Waals surface area contributed by atoms with Gasteiger partial charge in [0.15, 0.2) is 0 Å². The molecular weight excluding hydrogens is 168 g/mol. The Kier molecular flexibility index (Phi) is 3.89. The molecule has 0 aromatic heterocycles. The van der Waals surface area contributed by atoms with Crippen LogP contribution in [0.1, 0.15) is 18.9 Å². The van der Waals surface area contributed by atoms with Crippen molar-refractivity contribution < 1.29 is 0 Å². The number of benzene rings is 1. The molecule has 0 bridgehead atoms. The minimum absolute atomic E-state index is 0.880. The second-order valence-electron chi connectivity index (χ2n) is 2.82. The maximum Gasteiger partial charge on any atom is 0.0110 e. The van der Waals surface area contributed by atoms with E-state index >= 15 is 0 Å². The maximum atomic E-state index is 5.71. The standard InChI is InChI=1S/C11H13Cl/c1-10(12)6-5-9-11-7-3-2-4-8-11/h2-4,6-8H,5,9H2,1H3/b10-6-. The van der Waals surface area contributed by atoms with Gasteiger partial charge >= 0.3 is 0 Å². The molecule has 1 aromatic rings. The summed E-state index contributed by atoms with van der Waals surface area (Å²) in [5.74, 6) is 0. The highest BCUT2D eigenvalue weighted by Crippen LogP contribution is 2.06. The molecule has 0 unspecified atom stereocenters. The minimum Gasteiger partial charge on any atom is -0.0898 e. The third-order valence-corrected chi connectivity index (χ3v) is 1.86. The van der Waals surface area contributed by atoms with Gasteiger partial charge in [0.25, 0.3) is 0 Å². The molecule has 12 heavy (non-hydrogen) atoms. The van der Waals surface area contributed by atoms with Crippen LogP contribution in [-0.4, -0.2) is 0 Å². The maximum absolute atomic E-state index is 5.71. The Morgan fingerprint density at radius 2 is 2.00 bits per heavy atom. The number of allylic oxidation sites excluding steroid dienone is 2. The van der Waals surface area contributed by atoms with Crippen molar-refractivity contribution in [3.63, 3.8) is 0 Å². The Labute approximate surface area is 78.9 Å². The molecule has 0 amide bonds. The van der Waals surface area contributed by atoms with E-state index in [1.807, 2.05) is 13.0 Å². The molecule has 0 radical (unpaired) electrons. The summed E-state index contributed by atoms with van der Waals surface area (Å²) in [5, 5.41) is 0.880. The van der Waals surface area contributed by atoms with E-state index in [0.29, 0.717) is 0 Å². The van der Waals surface area contributed by atoms with Crippen LogP contribution < -0.4 is 0 Å². The average Bonchev–Trinajstić information content (AvgIpc) is 2.05. The largest absolute Gasteiger partial charge is 0.0898 e. The number of halogens is 1. The molecule has 0 aliphatic carbocycles. The number of hydrogen-bond donors (Lipinski definition) is 0. The van der Waals surface area contributed by atoms with Crippen LogP contribution in [0.25, 0.3) is 0 Å². The van der Waals surface area contributed by atoms with Gasteiger partial charge in [-0.15, -0.1) is 0 Å². The zero-order chi connectivity index (χ0) is 8.81. The first-order chi connectivity index (χ1) is 5.79. The Balaban J connectivity index is 2.39. The smallest absolute Gasteiger partial charge is 0.0110 e. The molecule has 1 heteroatoms. The lowest BCUT2D eigenvalue weighted by molar-refractivity contribution is 0.997. The van der Waals surface area contributed by atoms with Crippen LogP contribution in [-0.2, 0) is 6.42 Å². The molecule has 0 heterocycles. The van der Waals surface area contributed by atoms with Gasteiger partial charge in [0.05, 0.1) is 0 Å². The second kappa shape index (κ2) is 5.00. The summed E-state index contributed by atoms with van der Waals surface area (Å²) < 4.78 is 0. The van der Waals surface area contributed by atoms with Crippen LogP contribution in [0, 0.1) is 0 Å². The fourth-order valence-corrected chi connectivity index (χ4v) is 1.19. The molecule has 64 valence electrons. The molecule has 0 saturated heterocycles. The highest BCUT2D eigenvalue weighted by atomic mass is 35.5. The SMILES string of the molecule is C/C(Cl)=C/CCc1ccccc1. The topological polar surface area (TPSA) is 0 Å². The lowest BCUT2D eigenvalue weighted by atomic mass is 10.1. The Hall–Kier alpha value is -0.750. The van der Waals surface area contributed by atoms with Crippen molar-refractivity contribution in [2.75, 3.05) is 0 Å². The Morgan fingerprint density at radius 3 is 2.58 bits per heavy atom. The van der Waals surface area contributed by atoms with Gasteiger partial charge in [-0.3, -0.25) is 0 Å². The summed E-state index contributed by atoms with van der Waals surface area (Å²) in [6.45, 7) is 1.91. The molecule has 0 N–H and O–H groups in total.